The van der Waals surface area contributed by atoms with Crippen LogP contribution in [0.25, 0.3) is 0 Å². The Kier molecular flexibility index (Phi) is 6.44. The zero-order valence-corrected chi connectivity index (χ0v) is 15.3. The van der Waals surface area contributed by atoms with Crippen LogP contribution in [0.3, 0.4) is 0 Å². The number of rotatable bonds is 7. The van der Waals surface area contributed by atoms with E-state index in [4.69, 9.17) is 0 Å². The molecule has 0 aromatic heterocycles. The summed E-state index contributed by atoms with van der Waals surface area (Å²) in [6.07, 6.45) is 0.822. The predicted molar refractivity (Wildman–Crippen MR) is 96.0 cm³/mol. The number of halogens is 2. The first kappa shape index (κ1) is 20.0. The average Bonchev–Trinajstić information content (AvgIpc) is 2.55. The van der Waals surface area contributed by atoms with Crippen molar-refractivity contribution in [3.8, 4) is 0 Å². The highest BCUT2D eigenvalue weighted by molar-refractivity contribution is 7.88. The number of nitrogens with zero attached hydrogens (tertiary/aromatic N) is 1. The van der Waals surface area contributed by atoms with Crippen molar-refractivity contribution in [3.63, 3.8) is 0 Å². The Bertz CT molecular complexity index is 864. The molecule has 0 fully saturated rings. The molecule has 140 valence electrons. The molecular weight excluding hydrogens is 362 g/mol. The molecule has 2 rings (SSSR count). The molecule has 0 saturated carbocycles. The first-order valence-electron chi connectivity index (χ1n) is 7.91. The highest BCUT2D eigenvalue weighted by atomic mass is 32.2. The number of hydrogen-bond donors (Lipinski definition) is 1. The fourth-order valence-electron chi connectivity index (χ4n) is 2.30. The zero-order chi connectivity index (χ0) is 19.3. The first-order chi connectivity index (χ1) is 12.2. The minimum atomic E-state index is -3.55. The normalized spacial score (nSPS) is 11.6. The predicted octanol–water partition coefficient (Wildman–Crippen LogP) is 3.06. The van der Waals surface area contributed by atoms with E-state index in [0.29, 0.717) is 0 Å². The van der Waals surface area contributed by atoms with Crippen LogP contribution in [0.2, 0.25) is 0 Å². The molecule has 1 N–H and O–H groups in total. The summed E-state index contributed by atoms with van der Waals surface area (Å²) in [4.78, 5) is 12.0. The Hall–Kier alpha value is -2.32. The summed E-state index contributed by atoms with van der Waals surface area (Å²) in [6, 6.07) is 10.6. The van der Waals surface area contributed by atoms with Crippen molar-refractivity contribution in [2.75, 3.05) is 18.1 Å². The number of aryl methyl sites for hydroxylation is 1. The van der Waals surface area contributed by atoms with Gasteiger partial charge in [0.2, 0.25) is 15.9 Å². The molecular formula is C18H20F2N2O3S. The Balaban J connectivity index is 2.03. The largest absolute Gasteiger partial charge is 0.321 e. The molecule has 0 aliphatic heterocycles. The van der Waals surface area contributed by atoms with E-state index in [1.165, 1.54) is 6.07 Å². The van der Waals surface area contributed by atoms with Crippen LogP contribution in [-0.4, -0.2) is 31.4 Å². The van der Waals surface area contributed by atoms with Crippen LogP contribution in [0.15, 0.2) is 42.5 Å². The highest BCUT2D eigenvalue weighted by Crippen LogP contribution is 2.18. The van der Waals surface area contributed by atoms with Crippen molar-refractivity contribution in [3.05, 3.63) is 65.2 Å². The van der Waals surface area contributed by atoms with E-state index >= 15 is 0 Å². The minimum Gasteiger partial charge on any atom is -0.321 e. The molecule has 0 unspecified atom stereocenters. The van der Waals surface area contributed by atoms with Crippen LogP contribution in [0.5, 0.6) is 0 Å². The third kappa shape index (κ3) is 5.60. The Morgan fingerprint density at radius 2 is 1.65 bits per heavy atom. The molecule has 5 nitrogen and oxygen atoms in total. The van der Waals surface area contributed by atoms with Crippen molar-refractivity contribution < 1.29 is 22.0 Å². The van der Waals surface area contributed by atoms with Crippen molar-refractivity contribution >= 4 is 21.6 Å². The van der Waals surface area contributed by atoms with Gasteiger partial charge < -0.3 is 5.32 Å². The molecule has 0 spiro atoms. The maximum atomic E-state index is 13.6. The van der Waals surface area contributed by atoms with Gasteiger partial charge in [-0.3, -0.25) is 4.79 Å². The van der Waals surface area contributed by atoms with Gasteiger partial charge in [0.1, 0.15) is 17.3 Å². The lowest BCUT2D eigenvalue weighted by Crippen LogP contribution is -2.32. The van der Waals surface area contributed by atoms with Crippen LogP contribution in [-0.2, 0) is 21.4 Å². The summed E-state index contributed by atoms with van der Waals surface area (Å²) >= 11 is 0. The number of nitrogens with one attached hydrogen (secondary N) is 1. The van der Waals surface area contributed by atoms with Crippen molar-refractivity contribution in [2.24, 2.45) is 0 Å². The first-order valence-corrected chi connectivity index (χ1v) is 9.76. The van der Waals surface area contributed by atoms with Crippen LogP contribution < -0.4 is 5.32 Å². The van der Waals surface area contributed by atoms with Gasteiger partial charge in [-0.15, -0.1) is 0 Å². The van der Waals surface area contributed by atoms with E-state index in [1.54, 1.807) is 0 Å². The number of benzene rings is 2. The van der Waals surface area contributed by atoms with Crippen molar-refractivity contribution in [1.29, 1.82) is 0 Å². The fraction of sp³-hybridized carbons (Fsp3) is 0.278. The molecule has 1 amide bonds. The lowest BCUT2D eigenvalue weighted by Gasteiger charge is -2.20. The molecule has 2 aromatic rings. The number of anilines is 1. The van der Waals surface area contributed by atoms with Gasteiger partial charge in [-0.2, -0.15) is 4.31 Å². The third-order valence-electron chi connectivity index (χ3n) is 3.76. The summed E-state index contributed by atoms with van der Waals surface area (Å²) in [6.45, 7) is 1.93. The number of sulfonamides is 1. The molecule has 0 aliphatic rings. The van der Waals surface area contributed by atoms with Crippen LogP contribution in [0.1, 0.15) is 17.5 Å². The lowest BCUT2D eigenvalue weighted by molar-refractivity contribution is -0.116. The van der Waals surface area contributed by atoms with Gasteiger partial charge in [0.25, 0.3) is 0 Å². The Morgan fingerprint density at radius 3 is 2.19 bits per heavy atom. The average molecular weight is 382 g/mol. The monoisotopic (exact) mass is 382 g/mol. The molecule has 0 atom stereocenters. The summed E-state index contributed by atoms with van der Waals surface area (Å²) in [5, 5.41) is 2.15. The molecule has 8 heteroatoms. The third-order valence-corrected chi connectivity index (χ3v) is 5.01. The van der Waals surface area contributed by atoms with E-state index in [-0.39, 0.29) is 19.5 Å². The van der Waals surface area contributed by atoms with Crippen LogP contribution >= 0.6 is 0 Å². The second-order valence-electron chi connectivity index (χ2n) is 5.98. The zero-order valence-electron chi connectivity index (χ0n) is 14.5. The van der Waals surface area contributed by atoms with Crippen molar-refractivity contribution in [2.45, 2.75) is 19.9 Å². The van der Waals surface area contributed by atoms with Gasteiger partial charge in [-0.25, -0.2) is 17.2 Å². The molecule has 0 heterocycles. The molecule has 26 heavy (non-hydrogen) atoms. The summed E-state index contributed by atoms with van der Waals surface area (Å²) < 4.78 is 52.2. The van der Waals surface area contributed by atoms with E-state index < -0.39 is 33.3 Å². The van der Waals surface area contributed by atoms with E-state index in [0.717, 1.165) is 33.8 Å². The minimum absolute atomic E-state index is 0.103. The van der Waals surface area contributed by atoms with Gasteiger partial charge in [-0.1, -0.05) is 35.9 Å². The van der Waals surface area contributed by atoms with Gasteiger partial charge in [0.05, 0.1) is 6.26 Å². The SMILES string of the molecule is Cc1ccc(CN(CCC(=O)Nc2c(F)cccc2F)S(C)(=O)=O)cc1. The highest BCUT2D eigenvalue weighted by Gasteiger charge is 2.19. The second-order valence-corrected chi connectivity index (χ2v) is 7.96. The van der Waals surface area contributed by atoms with Crippen molar-refractivity contribution in [1.82, 2.24) is 4.31 Å². The quantitative estimate of drug-likeness (QED) is 0.800. The van der Waals surface area contributed by atoms with E-state index in [9.17, 15) is 22.0 Å². The number of hydrogen-bond acceptors (Lipinski definition) is 3. The molecule has 0 bridgehead atoms. The lowest BCUT2D eigenvalue weighted by atomic mass is 10.1. The molecule has 2 aromatic carbocycles. The number of amides is 1. The summed E-state index contributed by atoms with van der Waals surface area (Å²) in [5.74, 6) is -2.46. The maximum absolute atomic E-state index is 13.6. The molecule has 0 radical (unpaired) electrons. The van der Waals surface area contributed by atoms with E-state index in [2.05, 4.69) is 5.32 Å². The second kappa shape index (κ2) is 8.37. The Morgan fingerprint density at radius 1 is 1.08 bits per heavy atom. The Labute approximate surface area is 151 Å². The molecule has 0 aliphatic carbocycles. The van der Waals surface area contributed by atoms with Crippen LogP contribution in [0.4, 0.5) is 14.5 Å². The van der Waals surface area contributed by atoms with Crippen LogP contribution in [0, 0.1) is 18.6 Å². The van der Waals surface area contributed by atoms with Gasteiger partial charge in [0.15, 0.2) is 0 Å². The van der Waals surface area contributed by atoms with E-state index in [1.807, 2.05) is 31.2 Å². The standard InChI is InChI=1S/C18H20F2N2O3S/c1-13-6-8-14(9-7-13)12-22(26(2,24)25)11-10-17(23)21-18-15(19)4-3-5-16(18)20/h3-9H,10-12H2,1-2H3,(H,21,23). The fourth-order valence-corrected chi connectivity index (χ4v) is 3.11. The maximum Gasteiger partial charge on any atom is 0.225 e. The summed E-state index contributed by atoms with van der Waals surface area (Å²) in [5.41, 5.74) is 1.29. The van der Waals surface area contributed by atoms with Gasteiger partial charge >= 0.3 is 0 Å². The summed E-state index contributed by atoms with van der Waals surface area (Å²) in [7, 11) is -3.55. The number of para-hydroxylation sites is 1. The number of carbonyl (C=O) groups is 1. The molecule has 0 saturated heterocycles. The van der Waals surface area contributed by atoms with Gasteiger partial charge in [-0.05, 0) is 24.6 Å². The smallest absolute Gasteiger partial charge is 0.225 e. The van der Waals surface area contributed by atoms with Gasteiger partial charge in [0, 0.05) is 19.5 Å². The number of carbonyl (C=O) groups excluding carboxylic acids is 1. The topological polar surface area (TPSA) is 66.5 Å².